The highest BCUT2D eigenvalue weighted by Gasteiger charge is 2.28. The maximum Gasteiger partial charge on any atom is 0.213 e. The standard InChI is InChI=1S/C18H28O2Si3/c1-21(2,15-7-11-17(12-8-15)22(3,4)19)16-9-13-18(14-10-16)23(5,6)20/h7-14,19-20H,1-6H3. The second kappa shape index (κ2) is 6.14. The first-order valence-electron chi connectivity index (χ1n) is 8.09. The summed E-state index contributed by atoms with van der Waals surface area (Å²) in [6.45, 7) is 12.5. The molecule has 0 fully saturated rings. The van der Waals surface area contributed by atoms with Crippen LogP contribution in [0.5, 0.6) is 0 Å². The Hall–Kier alpha value is -0.989. The zero-order valence-electron chi connectivity index (χ0n) is 15.0. The fraction of sp³-hybridized carbons (Fsp3) is 0.333. The topological polar surface area (TPSA) is 40.5 Å². The van der Waals surface area contributed by atoms with Gasteiger partial charge in [0.25, 0.3) is 0 Å². The lowest BCUT2D eigenvalue weighted by Crippen LogP contribution is -2.54. The average molecular weight is 361 g/mol. The van der Waals surface area contributed by atoms with E-state index in [2.05, 4.69) is 61.6 Å². The Morgan fingerprint density at radius 2 is 0.696 bits per heavy atom. The molecule has 0 radical (unpaired) electrons. The molecule has 2 N–H and O–H groups in total. The van der Waals surface area contributed by atoms with E-state index in [0.29, 0.717) is 0 Å². The molecule has 2 rings (SSSR count). The van der Waals surface area contributed by atoms with Crippen molar-refractivity contribution in [2.24, 2.45) is 0 Å². The lowest BCUT2D eigenvalue weighted by atomic mass is 10.3. The highest BCUT2D eigenvalue weighted by Crippen LogP contribution is 2.06. The molecule has 0 aliphatic rings. The predicted molar refractivity (Wildman–Crippen MR) is 108 cm³/mol. The molecular formula is C18H28O2Si3. The van der Waals surface area contributed by atoms with E-state index < -0.39 is 24.7 Å². The fourth-order valence-corrected chi connectivity index (χ4v) is 7.05. The van der Waals surface area contributed by atoms with Gasteiger partial charge in [0.1, 0.15) is 8.07 Å². The van der Waals surface area contributed by atoms with Gasteiger partial charge in [-0.3, -0.25) is 0 Å². The number of hydrogen-bond acceptors (Lipinski definition) is 2. The van der Waals surface area contributed by atoms with E-state index in [0.717, 1.165) is 10.4 Å². The van der Waals surface area contributed by atoms with Crippen LogP contribution in [0.2, 0.25) is 39.3 Å². The third-order valence-corrected chi connectivity index (χ3v) is 11.7. The molecule has 0 bridgehead atoms. The summed E-state index contributed by atoms with van der Waals surface area (Å²) >= 11 is 0. The highest BCUT2D eigenvalue weighted by molar-refractivity contribution is 7.00. The third kappa shape index (κ3) is 4.10. The average Bonchev–Trinajstić information content (AvgIpc) is 2.46. The first-order chi connectivity index (χ1) is 10.4. The molecule has 0 aliphatic heterocycles. The summed E-state index contributed by atoms with van der Waals surface area (Å²) in [4.78, 5) is 20.5. The van der Waals surface area contributed by atoms with E-state index in [9.17, 15) is 9.59 Å². The molecule has 0 amide bonds. The molecule has 0 atom stereocenters. The van der Waals surface area contributed by atoms with Crippen LogP contribution < -0.4 is 20.7 Å². The fourth-order valence-electron chi connectivity index (χ4n) is 2.76. The Bertz CT molecular complexity index is 604. The van der Waals surface area contributed by atoms with Gasteiger partial charge in [-0.2, -0.15) is 0 Å². The quantitative estimate of drug-likeness (QED) is 0.807. The van der Waals surface area contributed by atoms with Crippen molar-refractivity contribution in [1.29, 1.82) is 0 Å². The van der Waals surface area contributed by atoms with Crippen molar-refractivity contribution in [3.63, 3.8) is 0 Å². The Balaban J connectivity index is 2.34. The van der Waals surface area contributed by atoms with Crippen molar-refractivity contribution >= 4 is 45.5 Å². The van der Waals surface area contributed by atoms with Crippen LogP contribution in [-0.4, -0.2) is 34.3 Å². The largest absolute Gasteiger partial charge is 0.428 e. The molecule has 0 spiro atoms. The summed E-state index contributed by atoms with van der Waals surface area (Å²) in [5.41, 5.74) is 0. The molecule has 2 aromatic carbocycles. The summed E-state index contributed by atoms with van der Waals surface area (Å²) < 4.78 is 0. The Kier molecular flexibility index (Phi) is 4.90. The first-order valence-corrected chi connectivity index (χ1v) is 17.0. The van der Waals surface area contributed by atoms with Crippen LogP contribution in [0, 0.1) is 0 Å². The van der Waals surface area contributed by atoms with E-state index >= 15 is 0 Å². The van der Waals surface area contributed by atoms with Gasteiger partial charge in [-0.1, -0.05) is 72.0 Å². The number of benzene rings is 2. The zero-order chi connectivity index (χ0) is 17.5. The van der Waals surface area contributed by atoms with Crippen molar-refractivity contribution in [2.75, 3.05) is 0 Å². The monoisotopic (exact) mass is 360 g/mol. The van der Waals surface area contributed by atoms with Crippen LogP contribution in [0.15, 0.2) is 48.5 Å². The summed E-state index contributed by atoms with van der Waals surface area (Å²) in [5.74, 6) is 0. The van der Waals surface area contributed by atoms with Gasteiger partial charge in [0, 0.05) is 0 Å². The summed E-state index contributed by atoms with van der Waals surface area (Å²) in [7, 11) is -6.21. The molecule has 2 nitrogen and oxygen atoms in total. The van der Waals surface area contributed by atoms with E-state index in [-0.39, 0.29) is 0 Å². The highest BCUT2D eigenvalue weighted by atomic mass is 28.4. The molecular weight excluding hydrogens is 332 g/mol. The molecule has 5 heteroatoms. The molecule has 23 heavy (non-hydrogen) atoms. The van der Waals surface area contributed by atoms with Crippen LogP contribution in [0.25, 0.3) is 0 Å². The Morgan fingerprint density at radius 3 is 0.913 bits per heavy atom. The van der Waals surface area contributed by atoms with Gasteiger partial charge < -0.3 is 9.59 Å². The molecule has 2 aromatic rings. The van der Waals surface area contributed by atoms with Crippen LogP contribution in [0.3, 0.4) is 0 Å². The summed E-state index contributed by atoms with van der Waals surface area (Å²) in [6.07, 6.45) is 0. The SMILES string of the molecule is C[Si](C)(O)c1ccc([Si](C)(C)c2ccc([Si](C)(C)O)cc2)cc1. The minimum Gasteiger partial charge on any atom is -0.428 e. The van der Waals surface area contributed by atoms with Gasteiger partial charge >= 0.3 is 0 Å². The lowest BCUT2D eigenvalue weighted by Gasteiger charge is -2.26. The molecule has 0 aliphatic carbocycles. The molecule has 0 unspecified atom stereocenters. The number of rotatable bonds is 4. The van der Waals surface area contributed by atoms with Crippen LogP contribution in [-0.2, 0) is 0 Å². The van der Waals surface area contributed by atoms with E-state index in [1.165, 1.54) is 10.4 Å². The van der Waals surface area contributed by atoms with Gasteiger partial charge in [0.05, 0.1) is 0 Å². The second-order valence-corrected chi connectivity index (χ2v) is 19.7. The van der Waals surface area contributed by atoms with E-state index in [1.54, 1.807) is 0 Å². The minimum atomic E-state index is -2.23. The molecule has 0 heterocycles. The van der Waals surface area contributed by atoms with Crippen LogP contribution >= 0.6 is 0 Å². The summed E-state index contributed by atoms with van der Waals surface area (Å²) in [6, 6.07) is 17.1. The van der Waals surface area contributed by atoms with Gasteiger partial charge in [0.15, 0.2) is 0 Å². The predicted octanol–water partition coefficient (Wildman–Crippen LogP) is 1.32. The number of hydrogen-bond donors (Lipinski definition) is 2. The van der Waals surface area contributed by atoms with Crippen molar-refractivity contribution in [3.05, 3.63) is 48.5 Å². The zero-order valence-corrected chi connectivity index (χ0v) is 18.0. The maximum absolute atomic E-state index is 10.2. The third-order valence-electron chi connectivity index (χ3n) is 4.63. The van der Waals surface area contributed by atoms with Crippen molar-refractivity contribution < 1.29 is 9.59 Å². The molecule has 0 saturated carbocycles. The van der Waals surface area contributed by atoms with Crippen molar-refractivity contribution in [2.45, 2.75) is 39.3 Å². The lowest BCUT2D eigenvalue weighted by molar-refractivity contribution is 0.567. The Labute approximate surface area is 143 Å². The minimum absolute atomic E-state index is 1.08. The Morgan fingerprint density at radius 1 is 0.478 bits per heavy atom. The summed E-state index contributed by atoms with van der Waals surface area (Å²) in [5, 5.41) is 4.89. The van der Waals surface area contributed by atoms with E-state index in [1.807, 2.05) is 26.2 Å². The van der Waals surface area contributed by atoms with Crippen molar-refractivity contribution in [1.82, 2.24) is 0 Å². The normalized spacial score (nSPS) is 13.2. The smallest absolute Gasteiger partial charge is 0.213 e. The second-order valence-electron chi connectivity index (χ2n) is 7.90. The molecule has 0 aromatic heterocycles. The van der Waals surface area contributed by atoms with Gasteiger partial charge in [-0.25, -0.2) is 0 Å². The first kappa shape index (κ1) is 18.4. The van der Waals surface area contributed by atoms with Crippen LogP contribution in [0.4, 0.5) is 0 Å². The molecule has 124 valence electrons. The van der Waals surface area contributed by atoms with Crippen molar-refractivity contribution in [3.8, 4) is 0 Å². The van der Waals surface area contributed by atoms with Gasteiger partial charge in [-0.15, -0.1) is 0 Å². The van der Waals surface area contributed by atoms with Gasteiger partial charge in [0.2, 0.25) is 16.6 Å². The van der Waals surface area contributed by atoms with E-state index in [4.69, 9.17) is 0 Å². The maximum atomic E-state index is 10.2. The molecule has 0 saturated heterocycles. The van der Waals surface area contributed by atoms with Crippen LogP contribution in [0.1, 0.15) is 0 Å². The van der Waals surface area contributed by atoms with Gasteiger partial charge in [-0.05, 0) is 36.6 Å².